The molecule has 0 N–H and O–H groups in total. The fourth-order valence-electron chi connectivity index (χ4n) is 1.68. The zero-order chi connectivity index (χ0) is 13.2. The van der Waals surface area contributed by atoms with E-state index >= 15 is 0 Å². The van der Waals surface area contributed by atoms with Gasteiger partial charge in [-0.1, -0.05) is 11.6 Å². The Kier molecular flexibility index (Phi) is 4.17. The molecule has 0 aliphatic carbocycles. The van der Waals surface area contributed by atoms with E-state index < -0.39 is 10.0 Å². The molecular weight excluding hydrogens is 292 g/mol. The van der Waals surface area contributed by atoms with Crippen molar-refractivity contribution in [3.63, 3.8) is 0 Å². The van der Waals surface area contributed by atoms with Crippen molar-refractivity contribution in [3.8, 4) is 6.07 Å². The third kappa shape index (κ3) is 2.64. The first-order valence-electron chi connectivity index (χ1n) is 5.33. The third-order valence-corrected chi connectivity index (χ3v) is 5.82. The fraction of sp³-hybridized carbons (Fsp3) is 0.364. The van der Waals surface area contributed by atoms with Crippen molar-refractivity contribution >= 4 is 33.4 Å². The standard InChI is InChI=1S/C11H11ClN2O2S2/c12-11-7-10(2-1-9(11)8-13)18(15,16)14-3-5-17-6-4-14/h1-2,7H,3-6H2. The molecule has 7 heteroatoms. The van der Waals surface area contributed by atoms with Gasteiger partial charge in [0.25, 0.3) is 0 Å². The monoisotopic (exact) mass is 302 g/mol. The molecule has 2 rings (SSSR count). The van der Waals surface area contributed by atoms with Crippen molar-refractivity contribution < 1.29 is 8.42 Å². The fourth-order valence-corrected chi connectivity index (χ4v) is 4.57. The molecular formula is C11H11ClN2O2S2. The second-order valence-electron chi connectivity index (χ2n) is 3.77. The number of rotatable bonds is 2. The van der Waals surface area contributed by atoms with Crippen LogP contribution in [0.3, 0.4) is 0 Å². The number of nitriles is 1. The van der Waals surface area contributed by atoms with Crippen LogP contribution < -0.4 is 0 Å². The molecule has 1 fully saturated rings. The van der Waals surface area contributed by atoms with E-state index in [1.54, 1.807) is 11.8 Å². The van der Waals surface area contributed by atoms with Gasteiger partial charge in [0.15, 0.2) is 0 Å². The van der Waals surface area contributed by atoms with Crippen LogP contribution in [-0.2, 0) is 10.0 Å². The van der Waals surface area contributed by atoms with E-state index in [4.69, 9.17) is 16.9 Å². The maximum atomic E-state index is 12.3. The minimum absolute atomic E-state index is 0.151. The molecule has 1 aromatic carbocycles. The van der Waals surface area contributed by atoms with Crippen molar-refractivity contribution in [2.24, 2.45) is 0 Å². The molecule has 1 aliphatic rings. The molecule has 0 atom stereocenters. The second-order valence-corrected chi connectivity index (χ2v) is 7.34. The SMILES string of the molecule is N#Cc1ccc(S(=O)(=O)N2CCSCC2)cc1Cl. The highest BCUT2D eigenvalue weighted by Crippen LogP contribution is 2.24. The van der Waals surface area contributed by atoms with Crippen LogP contribution >= 0.6 is 23.4 Å². The van der Waals surface area contributed by atoms with Crippen molar-refractivity contribution in [1.82, 2.24) is 4.31 Å². The van der Waals surface area contributed by atoms with Gasteiger partial charge in [0.2, 0.25) is 10.0 Å². The first-order chi connectivity index (χ1) is 8.55. The van der Waals surface area contributed by atoms with Crippen molar-refractivity contribution in [1.29, 1.82) is 5.26 Å². The largest absolute Gasteiger partial charge is 0.243 e. The summed E-state index contributed by atoms with van der Waals surface area (Å²) < 4.78 is 26.1. The number of thioether (sulfide) groups is 1. The smallest absolute Gasteiger partial charge is 0.207 e. The van der Waals surface area contributed by atoms with E-state index in [1.807, 2.05) is 6.07 Å². The normalized spacial score (nSPS) is 17.3. The summed E-state index contributed by atoms with van der Waals surface area (Å²) in [5, 5.41) is 8.94. The summed E-state index contributed by atoms with van der Waals surface area (Å²) in [6, 6.07) is 6.12. The van der Waals surface area contributed by atoms with Gasteiger partial charge in [0, 0.05) is 24.6 Å². The summed E-state index contributed by atoms with van der Waals surface area (Å²) in [6.45, 7) is 1.04. The third-order valence-electron chi connectivity index (χ3n) is 2.67. The zero-order valence-corrected chi connectivity index (χ0v) is 11.9. The molecule has 0 unspecified atom stereocenters. The minimum atomic E-state index is -3.48. The maximum Gasteiger partial charge on any atom is 0.243 e. The van der Waals surface area contributed by atoms with Crippen LogP contribution in [0.4, 0.5) is 0 Å². The molecule has 1 aliphatic heterocycles. The number of benzene rings is 1. The highest BCUT2D eigenvalue weighted by atomic mass is 35.5. The molecule has 0 radical (unpaired) electrons. The number of halogens is 1. The molecule has 0 saturated carbocycles. The van der Waals surface area contributed by atoms with Gasteiger partial charge in [0.1, 0.15) is 6.07 Å². The van der Waals surface area contributed by atoms with E-state index in [9.17, 15) is 8.42 Å². The lowest BCUT2D eigenvalue weighted by atomic mass is 10.2. The molecule has 4 nitrogen and oxygen atoms in total. The topological polar surface area (TPSA) is 61.2 Å². The van der Waals surface area contributed by atoms with Crippen LogP contribution in [0.5, 0.6) is 0 Å². The van der Waals surface area contributed by atoms with Gasteiger partial charge >= 0.3 is 0 Å². The van der Waals surface area contributed by atoms with Crippen LogP contribution in [-0.4, -0.2) is 37.3 Å². The summed E-state index contributed by atoms with van der Waals surface area (Å²) in [6.07, 6.45) is 0. The molecule has 0 aromatic heterocycles. The maximum absolute atomic E-state index is 12.3. The molecule has 1 aromatic rings. The van der Waals surface area contributed by atoms with Gasteiger partial charge in [0.05, 0.1) is 15.5 Å². The van der Waals surface area contributed by atoms with Gasteiger partial charge in [-0.25, -0.2) is 8.42 Å². The van der Waals surface area contributed by atoms with Crippen LogP contribution in [0.1, 0.15) is 5.56 Å². The highest BCUT2D eigenvalue weighted by molar-refractivity contribution is 7.99. The van der Waals surface area contributed by atoms with Gasteiger partial charge in [-0.05, 0) is 18.2 Å². The Bertz CT molecular complexity index is 590. The Hall–Kier alpha value is -0.740. The van der Waals surface area contributed by atoms with E-state index in [2.05, 4.69) is 0 Å². The Morgan fingerprint density at radius 2 is 2.00 bits per heavy atom. The number of sulfonamides is 1. The van der Waals surface area contributed by atoms with Crippen molar-refractivity contribution in [3.05, 3.63) is 28.8 Å². The Morgan fingerprint density at radius 3 is 2.56 bits per heavy atom. The second kappa shape index (κ2) is 5.49. The molecule has 18 heavy (non-hydrogen) atoms. The summed E-state index contributed by atoms with van der Waals surface area (Å²) in [5.41, 5.74) is 0.282. The average Bonchev–Trinajstić information content (AvgIpc) is 2.39. The molecule has 1 saturated heterocycles. The highest BCUT2D eigenvalue weighted by Gasteiger charge is 2.26. The van der Waals surface area contributed by atoms with Crippen molar-refractivity contribution in [2.75, 3.05) is 24.6 Å². The quantitative estimate of drug-likeness (QED) is 0.838. The van der Waals surface area contributed by atoms with Crippen LogP contribution in [0.25, 0.3) is 0 Å². The zero-order valence-electron chi connectivity index (χ0n) is 9.47. The molecule has 0 amide bonds. The summed E-state index contributed by atoms with van der Waals surface area (Å²) >= 11 is 7.61. The summed E-state index contributed by atoms with van der Waals surface area (Å²) in [7, 11) is -3.48. The van der Waals surface area contributed by atoms with Gasteiger partial charge < -0.3 is 0 Å². The summed E-state index contributed by atoms with van der Waals surface area (Å²) in [5.74, 6) is 1.62. The van der Waals surface area contributed by atoms with Crippen LogP contribution in [0, 0.1) is 11.3 Å². The lowest BCUT2D eigenvalue weighted by Gasteiger charge is -2.25. The Labute approximate surface area is 116 Å². The Balaban J connectivity index is 2.35. The molecule has 96 valence electrons. The van der Waals surface area contributed by atoms with E-state index in [0.29, 0.717) is 13.1 Å². The summed E-state index contributed by atoms with van der Waals surface area (Å²) in [4.78, 5) is 0.151. The predicted molar refractivity (Wildman–Crippen MR) is 72.3 cm³/mol. The van der Waals surface area contributed by atoms with Crippen LogP contribution in [0.15, 0.2) is 23.1 Å². The van der Waals surface area contributed by atoms with E-state index in [-0.39, 0.29) is 15.5 Å². The average molecular weight is 303 g/mol. The van der Waals surface area contributed by atoms with Gasteiger partial charge in [-0.2, -0.15) is 21.3 Å². The first-order valence-corrected chi connectivity index (χ1v) is 8.30. The lowest BCUT2D eigenvalue weighted by molar-refractivity contribution is 0.443. The number of hydrogen-bond donors (Lipinski definition) is 0. The molecule has 1 heterocycles. The van der Waals surface area contributed by atoms with Gasteiger partial charge in [-0.3, -0.25) is 0 Å². The molecule has 0 spiro atoms. The Morgan fingerprint density at radius 1 is 1.33 bits per heavy atom. The first kappa shape index (κ1) is 13.7. The number of nitrogens with zero attached hydrogens (tertiary/aromatic N) is 2. The predicted octanol–water partition coefficient (Wildman–Crippen LogP) is 1.95. The number of hydrogen-bond acceptors (Lipinski definition) is 4. The molecule has 0 bridgehead atoms. The lowest BCUT2D eigenvalue weighted by Crippen LogP contribution is -2.37. The minimum Gasteiger partial charge on any atom is -0.207 e. The van der Waals surface area contributed by atoms with Crippen LogP contribution in [0.2, 0.25) is 5.02 Å². The van der Waals surface area contributed by atoms with Gasteiger partial charge in [-0.15, -0.1) is 0 Å². The van der Waals surface area contributed by atoms with E-state index in [0.717, 1.165) is 11.5 Å². The van der Waals surface area contributed by atoms with Crippen molar-refractivity contribution in [2.45, 2.75) is 4.90 Å². The van der Waals surface area contributed by atoms with E-state index in [1.165, 1.54) is 22.5 Å².